The first-order chi connectivity index (χ1) is 24.3. The summed E-state index contributed by atoms with van der Waals surface area (Å²) in [7, 11) is 0. The minimum atomic E-state index is 0.626. The average Bonchev–Trinajstić information content (AvgIpc) is 3.52. The monoisotopic (exact) mass is 627 g/mol. The first kappa shape index (κ1) is 27.5. The van der Waals surface area contributed by atoms with Gasteiger partial charge in [-0.05, 0) is 78.5 Å². The minimum absolute atomic E-state index is 0.626. The maximum Gasteiger partial charge on any atom is 0.181 e. The van der Waals surface area contributed by atoms with Gasteiger partial charge in [0.15, 0.2) is 5.82 Å². The summed E-state index contributed by atoms with van der Waals surface area (Å²) in [4.78, 5) is 18.5. The number of hydrogen-bond donors (Lipinski definition) is 0. The number of benzene rings is 7. The molecule has 0 bridgehead atoms. The maximum absolute atomic E-state index is 4.78. The van der Waals surface area contributed by atoms with E-state index in [1.54, 1.807) is 12.7 Å². The lowest BCUT2D eigenvalue weighted by Crippen LogP contribution is -2.27. The Bertz CT molecular complexity index is 2690. The van der Waals surface area contributed by atoms with E-state index in [-0.39, 0.29) is 0 Å². The van der Waals surface area contributed by atoms with E-state index in [4.69, 9.17) is 9.97 Å². The molecule has 0 saturated heterocycles. The van der Waals surface area contributed by atoms with Crippen molar-refractivity contribution < 1.29 is 0 Å². The third-order valence-electron chi connectivity index (χ3n) is 9.80. The van der Waals surface area contributed by atoms with Crippen LogP contribution in [0, 0.1) is 0 Å². The lowest BCUT2D eigenvalue weighted by molar-refractivity contribution is 0.547. The van der Waals surface area contributed by atoms with E-state index in [9.17, 15) is 0 Å². The molecule has 0 atom stereocenters. The van der Waals surface area contributed by atoms with Crippen LogP contribution in [0.5, 0.6) is 0 Å². The van der Waals surface area contributed by atoms with Crippen LogP contribution < -0.4 is 4.90 Å². The number of hydrogen-bond acceptors (Lipinski definition) is 5. The van der Waals surface area contributed by atoms with Crippen molar-refractivity contribution in [1.82, 2.24) is 19.9 Å². The van der Waals surface area contributed by atoms with Gasteiger partial charge in [-0.3, -0.25) is 4.90 Å². The predicted molar refractivity (Wildman–Crippen MR) is 201 cm³/mol. The molecule has 0 spiro atoms. The number of nitrogens with zero attached hydrogens (tertiary/aromatic N) is 5. The third-order valence-corrected chi connectivity index (χ3v) is 9.80. The molecule has 10 rings (SSSR count). The Morgan fingerprint density at radius 1 is 0.531 bits per heavy atom. The maximum atomic E-state index is 4.78. The summed E-state index contributed by atoms with van der Waals surface area (Å²) in [6, 6.07) is 48.2. The number of rotatable bonds is 4. The fourth-order valence-electron chi connectivity index (χ4n) is 7.76. The van der Waals surface area contributed by atoms with Crippen LogP contribution in [0.15, 0.2) is 170 Å². The first-order valence-electron chi connectivity index (χ1n) is 16.6. The van der Waals surface area contributed by atoms with E-state index in [2.05, 4.69) is 166 Å². The second-order valence-corrected chi connectivity index (χ2v) is 12.5. The summed E-state index contributed by atoms with van der Waals surface area (Å²) >= 11 is 0. The molecule has 3 heterocycles. The highest BCUT2D eigenvalue weighted by molar-refractivity contribution is 6.27. The van der Waals surface area contributed by atoms with Crippen molar-refractivity contribution in [3.8, 4) is 11.1 Å². The molecule has 0 radical (unpaired) electrons. The van der Waals surface area contributed by atoms with Crippen molar-refractivity contribution in [3.63, 3.8) is 0 Å². The Balaban J connectivity index is 1.40. The van der Waals surface area contributed by atoms with E-state index in [0.29, 0.717) is 5.82 Å². The molecular formula is C44H29N5. The van der Waals surface area contributed by atoms with Gasteiger partial charge in [0.05, 0.1) is 5.70 Å². The number of anilines is 1. The highest BCUT2D eigenvalue weighted by Crippen LogP contribution is 2.51. The van der Waals surface area contributed by atoms with Crippen LogP contribution in [0.2, 0.25) is 0 Å². The molecule has 230 valence electrons. The Hall–Kier alpha value is -6.59. The summed E-state index contributed by atoms with van der Waals surface area (Å²) in [5.41, 5.74) is 6.66. The zero-order valence-electron chi connectivity index (χ0n) is 26.5. The van der Waals surface area contributed by atoms with Gasteiger partial charge in [0.2, 0.25) is 0 Å². The van der Waals surface area contributed by atoms with E-state index < -0.39 is 0 Å². The molecule has 7 aromatic carbocycles. The van der Waals surface area contributed by atoms with Crippen molar-refractivity contribution in [1.29, 1.82) is 0 Å². The van der Waals surface area contributed by atoms with Gasteiger partial charge in [-0.15, -0.1) is 0 Å². The molecule has 5 nitrogen and oxygen atoms in total. The summed E-state index contributed by atoms with van der Waals surface area (Å²) in [6.45, 7) is 0.717. The largest absolute Gasteiger partial charge is 0.321 e. The second-order valence-electron chi connectivity index (χ2n) is 12.5. The second kappa shape index (κ2) is 11.0. The SMILES string of the molecule is C1=CCN2C(=C1)N(c1ccccc1)C(c1ncncn1)=C2c1c2ccccc2c(-c2ccc3ccccc3c2)c2c1ccc1ccccc12. The van der Waals surface area contributed by atoms with Gasteiger partial charge in [-0.25, -0.2) is 15.0 Å². The van der Waals surface area contributed by atoms with E-state index >= 15 is 0 Å². The van der Waals surface area contributed by atoms with Gasteiger partial charge in [0, 0.05) is 17.8 Å². The average molecular weight is 628 g/mol. The molecule has 2 aliphatic rings. The van der Waals surface area contributed by atoms with Crippen LogP contribution in [0.1, 0.15) is 11.4 Å². The minimum Gasteiger partial charge on any atom is -0.321 e. The summed E-state index contributed by atoms with van der Waals surface area (Å²) < 4.78 is 0. The quantitative estimate of drug-likeness (QED) is 0.144. The van der Waals surface area contributed by atoms with Gasteiger partial charge >= 0.3 is 0 Å². The fourth-order valence-corrected chi connectivity index (χ4v) is 7.76. The summed E-state index contributed by atoms with van der Waals surface area (Å²) in [5.74, 6) is 1.69. The molecule has 0 aliphatic carbocycles. The van der Waals surface area contributed by atoms with E-state index in [0.717, 1.165) is 35.0 Å². The first-order valence-corrected chi connectivity index (χ1v) is 16.6. The molecule has 1 aromatic heterocycles. The Morgan fingerprint density at radius 2 is 1.20 bits per heavy atom. The fraction of sp³-hybridized carbons (Fsp3) is 0.0227. The van der Waals surface area contributed by atoms with E-state index in [1.165, 1.54) is 54.2 Å². The van der Waals surface area contributed by atoms with Crippen LogP contribution in [-0.4, -0.2) is 26.4 Å². The smallest absolute Gasteiger partial charge is 0.181 e. The summed E-state index contributed by atoms with van der Waals surface area (Å²) in [5, 5.41) is 9.71. The van der Waals surface area contributed by atoms with Crippen LogP contribution in [-0.2, 0) is 0 Å². The van der Waals surface area contributed by atoms with Crippen molar-refractivity contribution in [2.45, 2.75) is 0 Å². The van der Waals surface area contributed by atoms with Crippen molar-refractivity contribution >= 4 is 60.2 Å². The van der Waals surface area contributed by atoms with Crippen molar-refractivity contribution in [3.05, 3.63) is 182 Å². The highest BCUT2D eigenvalue weighted by Gasteiger charge is 2.39. The van der Waals surface area contributed by atoms with Gasteiger partial charge in [-0.1, -0.05) is 127 Å². The van der Waals surface area contributed by atoms with Crippen molar-refractivity contribution in [2.75, 3.05) is 11.4 Å². The Labute approximate surface area is 283 Å². The lowest BCUT2D eigenvalue weighted by Gasteiger charge is -2.29. The molecule has 0 saturated carbocycles. The highest BCUT2D eigenvalue weighted by atomic mass is 15.4. The third kappa shape index (κ3) is 4.22. The number of fused-ring (bicyclic) bond motifs is 6. The Morgan fingerprint density at radius 3 is 2.02 bits per heavy atom. The van der Waals surface area contributed by atoms with Gasteiger partial charge in [0.1, 0.15) is 24.2 Å². The van der Waals surface area contributed by atoms with Gasteiger partial charge in [-0.2, -0.15) is 0 Å². The zero-order valence-corrected chi connectivity index (χ0v) is 26.5. The van der Waals surface area contributed by atoms with Crippen LogP contribution in [0.3, 0.4) is 0 Å². The van der Waals surface area contributed by atoms with Gasteiger partial charge < -0.3 is 4.90 Å². The van der Waals surface area contributed by atoms with Gasteiger partial charge in [0.25, 0.3) is 0 Å². The topological polar surface area (TPSA) is 45.2 Å². The number of aromatic nitrogens is 3. The molecule has 0 fully saturated rings. The molecule has 0 unspecified atom stereocenters. The molecular weight excluding hydrogens is 599 g/mol. The molecule has 49 heavy (non-hydrogen) atoms. The number of allylic oxidation sites excluding steroid dienone is 2. The molecule has 8 aromatic rings. The Kier molecular flexibility index (Phi) is 6.18. The van der Waals surface area contributed by atoms with Crippen LogP contribution >= 0.6 is 0 Å². The summed E-state index contributed by atoms with van der Waals surface area (Å²) in [6.07, 6.45) is 9.72. The lowest BCUT2D eigenvalue weighted by atomic mass is 9.84. The number of para-hydroxylation sites is 1. The predicted octanol–water partition coefficient (Wildman–Crippen LogP) is 10.2. The normalized spacial score (nSPS) is 14.3. The molecule has 2 aliphatic heterocycles. The molecule has 5 heteroatoms. The molecule has 0 N–H and O–H groups in total. The molecule has 0 amide bonds. The van der Waals surface area contributed by atoms with E-state index in [1.807, 2.05) is 0 Å². The van der Waals surface area contributed by atoms with Crippen LogP contribution in [0.4, 0.5) is 5.69 Å². The standard InChI is InChI=1S/C44H29N5/c1-2-15-33(16-3-1)49-38-20-10-11-25-48(38)42(43(49)44-46-27-45-28-47-44)41-36-19-9-8-18-35(36)39(32-22-21-29-12-4-5-14-31(29)26-32)40-34-17-7-6-13-30(34)23-24-37(40)41/h1-24,26-28H,25H2. The zero-order chi connectivity index (χ0) is 32.3. The van der Waals surface area contributed by atoms with Crippen LogP contribution in [0.25, 0.3) is 65.6 Å². The van der Waals surface area contributed by atoms with Crippen molar-refractivity contribution in [2.24, 2.45) is 0 Å².